The fourth-order valence-electron chi connectivity index (χ4n) is 9.12. The number of nitrogens with zero attached hydrogens (tertiary/aromatic N) is 1. The summed E-state index contributed by atoms with van der Waals surface area (Å²) in [5.74, 6) is 3.80. The molecule has 3 heteroatoms. The number of amides is 2. The largest absolute Gasteiger partial charge is 0.282 e. The Morgan fingerprint density at radius 3 is 1.76 bits per heavy atom. The first-order valence-electron chi connectivity index (χ1n) is 10.6. The summed E-state index contributed by atoms with van der Waals surface area (Å²) in [5.41, 5.74) is 0.607. The Labute approximate surface area is 149 Å². The van der Waals surface area contributed by atoms with Crippen molar-refractivity contribution in [2.24, 2.45) is 52.3 Å². The fourth-order valence-corrected chi connectivity index (χ4v) is 9.12. The fraction of sp³-hybridized carbons (Fsp3) is 0.818. The van der Waals surface area contributed by atoms with Crippen molar-refractivity contribution in [1.29, 1.82) is 0 Å². The van der Waals surface area contributed by atoms with Gasteiger partial charge in [-0.3, -0.25) is 14.5 Å². The molecule has 0 aromatic rings. The van der Waals surface area contributed by atoms with Gasteiger partial charge in [0.15, 0.2) is 0 Å². The number of likely N-dealkylation sites (tertiary alicyclic amines) is 1. The van der Waals surface area contributed by atoms with Crippen molar-refractivity contribution in [2.45, 2.75) is 51.4 Å². The van der Waals surface area contributed by atoms with E-state index in [0.29, 0.717) is 17.3 Å². The molecule has 6 bridgehead atoms. The van der Waals surface area contributed by atoms with Crippen LogP contribution in [0.4, 0.5) is 0 Å². The molecule has 0 aromatic heterocycles. The maximum absolute atomic E-state index is 13.3. The van der Waals surface area contributed by atoms with Gasteiger partial charge in [-0.25, -0.2) is 0 Å². The summed E-state index contributed by atoms with van der Waals surface area (Å²) in [4.78, 5) is 28.4. The summed E-state index contributed by atoms with van der Waals surface area (Å²) in [6.45, 7) is 0.758. The average molecular weight is 337 g/mol. The molecule has 8 rings (SSSR count). The standard InChI is InChI=1S/C22H27NO2/c24-19-17-15-1-2-16(22(15)3-4-22)18(17)20(25)23(19)11-21-8-12-5-13(9-21)7-14(6-12)10-21/h1-2,12-18H,3-11H2/t12?,13?,14?,15-,16-,17-,18-,21?/m0/s1. The Morgan fingerprint density at radius 1 is 0.840 bits per heavy atom. The first kappa shape index (κ1) is 14.0. The first-order valence-corrected chi connectivity index (χ1v) is 10.6. The summed E-state index contributed by atoms with van der Waals surface area (Å²) in [6.07, 6.45) is 15.1. The van der Waals surface area contributed by atoms with E-state index >= 15 is 0 Å². The third kappa shape index (κ3) is 1.52. The van der Waals surface area contributed by atoms with E-state index in [1.54, 1.807) is 4.90 Å². The van der Waals surface area contributed by atoms with Gasteiger partial charge in [0.2, 0.25) is 11.8 Å². The topological polar surface area (TPSA) is 37.4 Å². The van der Waals surface area contributed by atoms with Crippen LogP contribution in [0.15, 0.2) is 12.2 Å². The van der Waals surface area contributed by atoms with Gasteiger partial charge in [0, 0.05) is 6.54 Å². The summed E-state index contributed by atoms with van der Waals surface area (Å²) in [7, 11) is 0. The normalized spacial score (nSPS) is 55.7. The van der Waals surface area contributed by atoms with Gasteiger partial charge in [-0.2, -0.15) is 0 Å². The minimum atomic E-state index is -0.00101. The van der Waals surface area contributed by atoms with E-state index in [4.69, 9.17) is 0 Å². The molecule has 8 aliphatic rings. The monoisotopic (exact) mass is 337 g/mol. The molecule has 7 fully saturated rings. The van der Waals surface area contributed by atoms with Crippen molar-refractivity contribution >= 4 is 11.8 Å². The number of carbonyl (C=O) groups excluding carboxylic acids is 2. The van der Waals surface area contributed by atoms with Crippen molar-refractivity contribution in [3.8, 4) is 0 Å². The molecule has 1 spiro atoms. The third-order valence-electron chi connectivity index (χ3n) is 9.60. The molecule has 4 atom stereocenters. The van der Waals surface area contributed by atoms with E-state index in [1.807, 2.05) is 0 Å². The van der Waals surface area contributed by atoms with Gasteiger partial charge < -0.3 is 0 Å². The second-order valence-corrected chi connectivity index (χ2v) is 10.9. The number of hydrogen-bond acceptors (Lipinski definition) is 2. The van der Waals surface area contributed by atoms with Crippen molar-refractivity contribution in [3.63, 3.8) is 0 Å². The molecule has 2 amide bonds. The second-order valence-electron chi connectivity index (χ2n) is 10.9. The van der Waals surface area contributed by atoms with Gasteiger partial charge in [0.05, 0.1) is 11.8 Å². The maximum Gasteiger partial charge on any atom is 0.233 e. The van der Waals surface area contributed by atoms with Crippen molar-refractivity contribution in [1.82, 2.24) is 4.90 Å². The van der Waals surface area contributed by atoms with Crippen molar-refractivity contribution in [3.05, 3.63) is 12.2 Å². The second kappa shape index (κ2) is 4.07. The Morgan fingerprint density at radius 2 is 1.32 bits per heavy atom. The number of rotatable bonds is 2. The van der Waals surface area contributed by atoms with Crippen LogP contribution in [0.2, 0.25) is 0 Å². The van der Waals surface area contributed by atoms with E-state index in [9.17, 15) is 9.59 Å². The predicted octanol–water partition coefficient (Wildman–Crippen LogP) is 3.40. The van der Waals surface area contributed by atoms with Gasteiger partial charge in [0.1, 0.15) is 0 Å². The summed E-state index contributed by atoms with van der Waals surface area (Å²) >= 11 is 0. The number of fused-ring (bicyclic) bond motifs is 3. The van der Waals surface area contributed by atoms with Crippen LogP contribution < -0.4 is 0 Å². The molecule has 0 aromatic carbocycles. The van der Waals surface area contributed by atoms with Gasteiger partial charge >= 0.3 is 0 Å². The quantitative estimate of drug-likeness (QED) is 0.572. The van der Waals surface area contributed by atoms with Crippen LogP contribution in [0.3, 0.4) is 0 Å². The highest BCUT2D eigenvalue weighted by atomic mass is 16.2. The van der Waals surface area contributed by atoms with Gasteiger partial charge in [-0.05, 0) is 91.8 Å². The zero-order chi connectivity index (χ0) is 16.6. The maximum atomic E-state index is 13.3. The summed E-state index contributed by atoms with van der Waals surface area (Å²) in [5, 5.41) is 0. The highest BCUT2D eigenvalue weighted by Crippen LogP contribution is 2.73. The molecule has 6 saturated carbocycles. The molecular formula is C22H27NO2. The Hall–Kier alpha value is -1.12. The van der Waals surface area contributed by atoms with Crippen LogP contribution in [0, 0.1) is 52.3 Å². The lowest BCUT2D eigenvalue weighted by Crippen LogP contribution is -2.52. The highest BCUT2D eigenvalue weighted by molar-refractivity contribution is 6.06. The molecule has 1 heterocycles. The minimum Gasteiger partial charge on any atom is -0.282 e. The smallest absolute Gasteiger partial charge is 0.233 e. The molecule has 0 radical (unpaired) electrons. The molecule has 3 nitrogen and oxygen atoms in total. The Kier molecular flexibility index (Phi) is 2.28. The van der Waals surface area contributed by atoms with Crippen molar-refractivity contribution < 1.29 is 9.59 Å². The Balaban J connectivity index is 1.20. The van der Waals surface area contributed by atoms with E-state index in [0.717, 1.165) is 24.3 Å². The first-order chi connectivity index (χ1) is 12.1. The lowest BCUT2D eigenvalue weighted by atomic mass is 9.49. The lowest BCUT2D eigenvalue weighted by molar-refractivity contribution is -0.147. The zero-order valence-corrected chi connectivity index (χ0v) is 14.8. The third-order valence-corrected chi connectivity index (χ3v) is 9.60. The predicted molar refractivity (Wildman–Crippen MR) is 92.1 cm³/mol. The van der Waals surface area contributed by atoms with E-state index in [2.05, 4.69) is 12.2 Å². The molecule has 7 aliphatic carbocycles. The number of hydrogen-bond donors (Lipinski definition) is 0. The van der Waals surface area contributed by atoms with E-state index in [-0.39, 0.29) is 29.1 Å². The molecule has 0 N–H and O–H groups in total. The van der Waals surface area contributed by atoms with Crippen LogP contribution in [0.25, 0.3) is 0 Å². The number of imide groups is 1. The summed E-state index contributed by atoms with van der Waals surface area (Å²) < 4.78 is 0. The van der Waals surface area contributed by atoms with Crippen LogP contribution in [0.5, 0.6) is 0 Å². The molecular weight excluding hydrogens is 310 g/mol. The van der Waals surface area contributed by atoms with Crippen LogP contribution >= 0.6 is 0 Å². The molecule has 1 saturated heterocycles. The molecule has 1 aliphatic heterocycles. The van der Waals surface area contributed by atoms with E-state index < -0.39 is 0 Å². The summed E-state index contributed by atoms with van der Waals surface area (Å²) in [6, 6.07) is 0. The highest BCUT2D eigenvalue weighted by Gasteiger charge is 2.73. The van der Waals surface area contributed by atoms with Gasteiger partial charge in [0.25, 0.3) is 0 Å². The van der Waals surface area contributed by atoms with Crippen LogP contribution in [-0.2, 0) is 9.59 Å². The number of allylic oxidation sites excluding steroid dienone is 2. The molecule has 132 valence electrons. The van der Waals surface area contributed by atoms with Crippen LogP contribution in [0.1, 0.15) is 51.4 Å². The number of carbonyl (C=O) groups is 2. The van der Waals surface area contributed by atoms with E-state index in [1.165, 1.54) is 51.4 Å². The minimum absolute atomic E-state index is 0.00101. The SMILES string of the molecule is O=C1[C@@H]2[C@@H](C(=O)N1CC13CC4CC(CC(C4)C1)C3)[C@@H]1C=C[C@@H]2C12CC2. The lowest BCUT2D eigenvalue weighted by Gasteiger charge is -2.57. The average Bonchev–Trinajstić information content (AvgIpc) is 3.17. The molecule has 25 heavy (non-hydrogen) atoms. The van der Waals surface area contributed by atoms with Crippen molar-refractivity contribution in [2.75, 3.05) is 6.54 Å². The zero-order valence-electron chi connectivity index (χ0n) is 14.8. The Bertz CT molecular complexity index is 663. The van der Waals surface area contributed by atoms with Gasteiger partial charge in [-0.1, -0.05) is 12.2 Å². The van der Waals surface area contributed by atoms with Crippen LogP contribution in [-0.4, -0.2) is 23.3 Å². The molecule has 0 unspecified atom stereocenters. The van der Waals surface area contributed by atoms with Gasteiger partial charge in [-0.15, -0.1) is 0 Å².